The molecule has 0 bridgehead atoms. The first-order valence-corrected chi connectivity index (χ1v) is 11.1. The van der Waals surface area contributed by atoms with Crippen LogP contribution in [0, 0.1) is 5.92 Å². The van der Waals surface area contributed by atoms with E-state index < -0.39 is 0 Å². The van der Waals surface area contributed by atoms with Crippen LogP contribution in [0.25, 0.3) is 16.6 Å². The fourth-order valence-corrected chi connectivity index (χ4v) is 4.23. The lowest BCUT2D eigenvalue weighted by Crippen LogP contribution is -2.42. The Balaban J connectivity index is 1.93. The predicted molar refractivity (Wildman–Crippen MR) is 122 cm³/mol. The highest BCUT2D eigenvalue weighted by molar-refractivity contribution is 5.81. The molecule has 1 heterocycles. The van der Waals surface area contributed by atoms with Crippen molar-refractivity contribution in [3.05, 3.63) is 64.7 Å². The third kappa shape index (κ3) is 3.82. The van der Waals surface area contributed by atoms with Gasteiger partial charge in [-0.1, -0.05) is 30.7 Å². The molecule has 1 aliphatic rings. The number of nitrogens with zero attached hydrogens (tertiary/aromatic N) is 3. The lowest BCUT2D eigenvalue weighted by atomic mass is 9.84. The molecular weight excluding hydrogens is 390 g/mol. The molecule has 6 nitrogen and oxygen atoms in total. The summed E-state index contributed by atoms with van der Waals surface area (Å²) in [6, 6.07) is 14.5. The Labute approximate surface area is 182 Å². The summed E-state index contributed by atoms with van der Waals surface area (Å²) in [5, 5.41) is 0.540. The molecule has 1 saturated carbocycles. The Hall–Kier alpha value is -3.15. The van der Waals surface area contributed by atoms with Gasteiger partial charge in [0.2, 0.25) is 5.91 Å². The van der Waals surface area contributed by atoms with E-state index in [-0.39, 0.29) is 23.4 Å². The van der Waals surface area contributed by atoms with Gasteiger partial charge in [0, 0.05) is 12.5 Å². The van der Waals surface area contributed by atoms with Crippen LogP contribution in [0.1, 0.15) is 51.9 Å². The number of hydrogen-bond donors (Lipinski definition) is 0. The van der Waals surface area contributed by atoms with Crippen molar-refractivity contribution < 1.29 is 9.53 Å². The van der Waals surface area contributed by atoms with E-state index in [1.807, 2.05) is 68.1 Å². The summed E-state index contributed by atoms with van der Waals surface area (Å²) in [7, 11) is 0. The van der Waals surface area contributed by atoms with Crippen LogP contribution in [0.4, 0.5) is 0 Å². The lowest BCUT2D eigenvalue weighted by molar-refractivity contribution is -0.140. The van der Waals surface area contributed by atoms with Crippen molar-refractivity contribution in [2.24, 2.45) is 5.92 Å². The zero-order valence-corrected chi connectivity index (χ0v) is 18.4. The van der Waals surface area contributed by atoms with Crippen LogP contribution in [0.3, 0.4) is 0 Å². The van der Waals surface area contributed by atoms with Gasteiger partial charge in [-0.3, -0.25) is 14.2 Å². The fourth-order valence-electron chi connectivity index (χ4n) is 4.23. The Kier molecular flexibility index (Phi) is 6.07. The summed E-state index contributed by atoms with van der Waals surface area (Å²) in [5.74, 6) is 1.39. The van der Waals surface area contributed by atoms with E-state index in [0.29, 0.717) is 41.3 Å². The van der Waals surface area contributed by atoms with Crippen molar-refractivity contribution in [3.63, 3.8) is 0 Å². The van der Waals surface area contributed by atoms with Gasteiger partial charge in [0.1, 0.15) is 11.6 Å². The normalized spacial score (nSPS) is 14.8. The van der Waals surface area contributed by atoms with Crippen LogP contribution in [0.2, 0.25) is 0 Å². The molecule has 162 valence electrons. The number of aromatic nitrogens is 2. The summed E-state index contributed by atoms with van der Waals surface area (Å²) in [5.41, 5.74) is 1.11. The number of benzene rings is 2. The summed E-state index contributed by atoms with van der Waals surface area (Å²) >= 11 is 0. The van der Waals surface area contributed by atoms with Crippen LogP contribution in [0.5, 0.6) is 5.75 Å². The van der Waals surface area contributed by atoms with E-state index >= 15 is 0 Å². The molecule has 0 spiro atoms. The number of amides is 1. The van der Waals surface area contributed by atoms with E-state index in [9.17, 15) is 9.59 Å². The highest BCUT2D eigenvalue weighted by Crippen LogP contribution is 2.32. The van der Waals surface area contributed by atoms with Gasteiger partial charge < -0.3 is 9.64 Å². The standard InChI is InChI=1S/C25H29N3O3/c1-4-27(24(29)18-11-10-12-18)17(3)23-26-20-14-7-6-13-19(20)25(30)28(23)21-15-8-9-16-22(21)31-5-2/h6-9,13-18H,4-5,10-12H2,1-3H3. The molecule has 4 rings (SSSR count). The molecule has 3 aromatic rings. The second kappa shape index (κ2) is 8.92. The molecule has 2 aromatic carbocycles. The second-order valence-corrected chi connectivity index (χ2v) is 7.96. The highest BCUT2D eigenvalue weighted by Gasteiger charge is 2.33. The van der Waals surface area contributed by atoms with Crippen molar-refractivity contribution in [1.82, 2.24) is 14.5 Å². The molecule has 31 heavy (non-hydrogen) atoms. The van der Waals surface area contributed by atoms with Gasteiger partial charge in [-0.15, -0.1) is 0 Å². The molecule has 1 fully saturated rings. The number of rotatable bonds is 7. The van der Waals surface area contributed by atoms with Crippen molar-refractivity contribution >= 4 is 16.8 Å². The van der Waals surface area contributed by atoms with E-state index in [1.165, 1.54) is 0 Å². The number of fused-ring (bicyclic) bond motifs is 1. The molecule has 1 aromatic heterocycles. The third-order valence-corrected chi connectivity index (χ3v) is 6.13. The molecule has 0 aliphatic heterocycles. The third-order valence-electron chi connectivity index (χ3n) is 6.13. The molecular formula is C25H29N3O3. The molecule has 1 atom stereocenters. The van der Waals surface area contributed by atoms with Gasteiger partial charge in [0.25, 0.3) is 5.56 Å². The number of hydrogen-bond acceptors (Lipinski definition) is 4. The fraction of sp³-hybridized carbons (Fsp3) is 0.400. The zero-order chi connectivity index (χ0) is 22.0. The highest BCUT2D eigenvalue weighted by atomic mass is 16.5. The Morgan fingerprint density at radius 1 is 1.16 bits per heavy atom. The van der Waals surface area contributed by atoms with Crippen LogP contribution >= 0.6 is 0 Å². The molecule has 6 heteroatoms. The summed E-state index contributed by atoms with van der Waals surface area (Å²) in [6.45, 7) is 6.89. The van der Waals surface area contributed by atoms with E-state index in [1.54, 1.807) is 10.6 Å². The molecule has 1 unspecified atom stereocenters. The zero-order valence-electron chi connectivity index (χ0n) is 18.4. The number of carbonyl (C=O) groups is 1. The Bertz CT molecular complexity index is 1150. The number of ether oxygens (including phenoxy) is 1. The minimum Gasteiger partial charge on any atom is -0.492 e. The quantitative estimate of drug-likeness (QED) is 0.566. The molecule has 0 radical (unpaired) electrons. The van der Waals surface area contributed by atoms with Gasteiger partial charge in [0.15, 0.2) is 0 Å². The van der Waals surface area contributed by atoms with Crippen molar-refractivity contribution in [2.45, 2.75) is 46.1 Å². The van der Waals surface area contributed by atoms with E-state index in [4.69, 9.17) is 9.72 Å². The van der Waals surface area contributed by atoms with Gasteiger partial charge >= 0.3 is 0 Å². The first-order valence-electron chi connectivity index (χ1n) is 11.1. The molecule has 1 aliphatic carbocycles. The SMILES string of the molecule is CCOc1ccccc1-n1c(C(C)N(CC)C(=O)C2CCC2)nc2ccccc2c1=O. The first kappa shape index (κ1) is 21.1. The molecule has 1 amide bonds. The van der Waals surface area contributed by atoms with E-state index in [2.05, 4.69) is 0 Å². The van der Waals surface area contributed by atoms with Gasteiger partial charge in [0.05, 0.1) is 29.2 Å². The minimum absolute atomic E-state index is 0.0822. The van der Waals surface area contributed by atoms with Crippen LogP contribution < -0.4 is 10.3 Å². The maximum atomic E-state index is 13.7. The minimum atomic E-state index is -0.356. The monoisotopic (exact) mass is 419 g/mol. The van der Waals surface area contributed by atoms with Gasteiger partial charge in [-0.05, 0) is 57.9 Å². The molecule has 0 N–H and O–H groups in total. The molecule has 0 saturated heterocycles. The summed E-state index contributed by atoms with van der Waals surface area (Å²) in [6.07, 6.45) is 2.98. The lowest BCUT2D eigenvalue weighted by Gasteiger charge is -2.35. The van der Waals surface area contributed by atoms with Crippen molar-refractivity contribution in [1.29, 1.82) is 0 Å². The Morgan fingerprint density at radius 3 is 2.55 bits per heavy atom. The van der Waals surface area contributed by atoms with Crippen LogP contribution in [0.15, 0.2) is 53.3 Å². The predicted octanol–water partition coefficient (Wildman–Crippen LogP) is 4.49. The van der Waals surface area contributed by atoms with Gasteiger partial charge in [-0.2, -0.15) is 0 Å². The number of para-hydroxylation sites is 3. The second-order valence-electron chi connectivity index (χ2n) is 7.96. The maximum absolute atomic E-state index is 13.7. The van der Waals surface area contributed by atoms with E-state index in [0.717, 1.165) is 19.3 Å². The largest absolute Gasteiger partial charge is 0.492 e. The smallest absolute Gasteiger partial charge is 0.266 e. The van der Waals surface area contributed by atoms with Crippen LogP contribution in [-0.2, 0) is 4.79 Å². The topological polar surface area (TPSA) is 64.4 Å². The van der Waals surface area contributed by atoms with Crippen molar-refractivity contribution in [3.8, 4) is 11.4 Å². The first-order chi connectivity index (χ1) is 15.1. The number of carbonyl (C=O) groups excluding carboxylic acids is 1. The Morgan fingerprint density at radius 2 is 1.87 bits per heavy atom. The van der Waals surface area contributed by atoms with Gasteiger partial charge in [-0.25, -0.2) is 4.98 Å². The average Bonchev–Trinajstić information content (AvgIpc) is 2.74. The van der Waals surface area contributed by atoms with Crippen LogP contribution in [-0.4, -0.2) is 33.5 Å². The maximum Gasteiger partial charge on any atom is 0.266 e. The van der Waals surface area contributed by atoms with Crippen molar-refractivity contribution in [2.75, 3.05) is 13.2 Å². The average molecular weight is 420 g/mol. The summed E-state index contributed by atoms with van der Waals surface area (Å²) in [4.78, 5) is 33.5. The summed E-state index contributed by atoms with van der Waals surface area (Å²) < 4.78 is 7.44.